The quantitative estimate of drug-likeness (QED) is 0.790. The number of benzene rings is 1. The van der Waals surface area contributed by atoms with Gasteiger partial charge in [-0.3, -0.25) is 4.79 Å². The van der Waals surface area contributed by atoms with Gasteiger partial charge in [-0.25, -0.2) is 8.91 Å². The van der Waals surface area contributed by atoms with Crippen LogP contribution in [0.4, 0.5) is 4.39 Å². The Balaban J connectivity index is 2.25. The molecule has 0 bridgehead atoms. The number of rotatable bonds is 2. The van der Waals surface area contributed by atoms with Gasteiger partial charge in [-0.05, 0) is 42.8 Å². The molecular formula is C15H11ClFN3O. The molecule has 2 aromatic heterocycles. The molecule has 21 heavy (non-hydrogen) atoms. The van der Waals surface area contributed by atoms with Crippen molar-refractivity contribution < 1.29 is 9.18 Å². The number of fused-ring (bicyclic) bond motifs is 1. The van der Waals surface area contributed by atoms with Gasteiger partial charge in [-0.1, -0.05) is 17.7 Å². The smallest absolute Gasteiger partial charge is 0.267 e. The Morgan fingerprint density at radius 1 is 1.29 bits per heavy atom. The minimum absolute atomic E-state index is 0.157. The van der Waals surface area contributed by atoms with Gasteiger partial charge < -0.3 is 5.73 Å². The zero-order chi connectivity index (χ0) is 15.1. The van der Waals surface area contributed by atoms with Crippen LogP contribution >= 0.6 is 11.6 Å². The van der Waals surface area contributed by atoms with Crippen LogP contribution in [0.2, 0.25) is 5.02 Å². The van der Waals surface area contributed by atoms with E-state index < -0.39 is 5.91 Å². The summed E-state index contributed by atoms with van der Waals surface area (Å²) in [6, 6.07) is 9.65. The summed E-state index contributed by atoms with van der Waals surface area (Å²) in [5, 5.41) is 4.64. The Morgan fingerprint density at radius 2 is 2.05 bits per heavy atom. The molecule has 3 rings (SSSR count). The van der Waals surface area contributed by atoms with Crippen LogP contribution in [0.1, 0.15) is 16.1 Å². The standard InChI is InChI=1S/C15H11ClFN3O/c1-8-2-3-9(11(17)6-8)12-4-5-13-10(16)7-14(15(18)21)20(13)19-12/h2-7H,1H3,(H2,18,21). The normalized spacial score (nSPS) is 11.0. The molecular weight excluding hydrogens is 293 g/mol. The summed E-state index contributed by atoms with van der Waals surface area (Å²) >= 11 is 6.03. The summed E-state index contributed by atoms with van der Waals surface area (Å²) in [5.41, 5.74) is 7.57. The number of halogens is 2. The van der Waals surface area contributed by atoms with Gasteiger partial charge in [0.15, 0.2) is 0 Å². The monoisotopic (exact) mass is 303 g/mol. The molecule has 0 fully saturated rings. The average Bonchev–Trinajstić information content (AvgIpc) is 2.76. The first kappa shape index (κ1) is 13.6. The summed E-state index contributed by atoms with van der Waals surface area (Å²) < 4.78 is 15.4. The summed E-state index contributed by atoms with van der Waals surface area (Å²) in [5.74, 6) is -1.02. The lowest BCUT2D eigenvalue weighted by Crippen LogP contribution is -2.15. The molecule has 0 aliphatic heterocycles. The summed E-state index contributed by atoms with van der Waals surface area (Å²) in [6.45, 7) is 1.81. The van der Waals surface area contributed by atoms with E-state index in [2.05, 4.69) is 5.10 Å². The van der Waals surface area contributed by atoms with Crippen molar-refractivity contribution in [1.82, 2.24) is 9.61 Å². The topological polar surface area (TPSA) is 60.4 Å². The van der Waals surface area contributed by atoms with E-state index in [-0.39, 0.29) is 11.5 Å². The zero-order valence-electron chi connectivity index (χ0n) is 11.1. The number of aromatic nitrogens is 2. The van der Waals surface area contributed by atoms with Crippen LogP contribution in [-0.2, 0) is 0 Å². The predicted octanol–water partition coefficient (Wildman–Crippen LogP) is 3.20. The van der Waals surface area contributed by atoms with E-state index in [4.69, 9.17) is 17.3 Å². The molecule has 0 aliphatic rings. The Labute approximate surface area is 124 Å². The van der Waals surface area contributed by atoms with Crippen molar-refractivity contribution in [3.8, 4) is 11.3 Å². The van der Waals surface area contributed by atoms with Crippen LogP contribution in [0, 0.1) is 12.7 Å². The van der Waals surface area contributed by atoms with Gasteiger partial charge >= 0.3 is 0 Å². The molecule has 2 N–H and O–H groups in total. The van der Waals surface area contributed by atoms with Gasteiger partial charge in [0.05, 0.1) is 16.2 Å². The van der Waals surface area contributed by atoms with Crippen LogP contribution in [0.25, 0.3) is 16.8 Å². The molecule has 0 radical (unpaired) electrons. The first-order valence-electron chi connectivity index (χ1n) is 6.22. The number of hydrogen-bond acceptors (Lipinski definition) is 2. The fourth-order valence-corrected chi connectivity index (χ4v) is 2.44. The van der Waals surface area contributed by atoms with Crippen molar-refractivity contribution in [1.29, 1.82) is 0 Å². The molecule has 6 heteroatoms. The maximum atomic E-state index is 14.0. The molecule has 106 valence electrons. The minimum Gasteiger partial charge on any atom is -0.364 e. The van der Waals surface area contributed by atoms with Gasteiger partial charge in [0.2, 0.25) is 0 Å². The highest BCUT2D eigenvalue weighted by molar-refractivity contribution is 6.34. The van der Waals surface area contributed by atoms with Gasteiger partial charge in [0.25, 0.3) is 5.91 Å². The Bertz CT molecular complexity index is 873. The van der Waals surface area contributed by atoms with Crippen molar-refractivity contribution in [3.63, 3.8) is 0 Å². The van der Waals surface area contributed by atoms with E-state index in [9.17, 15) is 9.18 Å². The fourth-order valence-electron chi connectivity index (χ4n) is 2.19. The third-order valence-electron chi connectivity index (χ3n) is 3.22. The largest absolute Gasteiger partial charge is 0.364 e. The highest BCUT2D eigenvalue weighted by atomic mass is 35.5. The number of hydrogen-bond donors (Lipinski definition) is 1. The summed E-state index contributed by atoms with van der Waals surface area (Å²) in [4.78, 5) is 11.4. The lowest BCUT2D eigenvalue weighted by Gasteiger charge is -2.06. The Kier molecular flexibility index (Phi) is 3.14. The molecule has 0 saturated carbocycles. The SMILES string of the molecule is Cc1ccc(-c2ccc3c(Cl)cc(C(N)=O)n3n2)c(F)c1. The molecule has 0 unspecified atom stereocenters. The number of nitrogens with zero attached hydrogens (tertiary/aromatic N) is 2. The van der Waals surface area contributed by atoms with Crippen molar-refractivity contribution in [2.24, 2.45) is 5.73 Å². The van der Waals surface area contributed by atoms with Crippen molar-refractivity contribution in [3.05, 3.63) is 58.5 Å². The van der Waals surface area contributed by atoms with Gasteiger partial charge in [0.1, 0.15) is 11.5 Å². The van der Waals surface area contributed by atoms with Crippen LogP contribution in [0.15, 0.2) is 36.4 Å². The highest BCUT2D eigenvalue weighted by Gasteiger charge is 2.15. The molecule has 2 heterocycles. The molecule has 4 nitrogen and oxygen atoms in total. The lowest BCUT2D eigenvalue weighted by molar-refractivity contribution is 0.0994. The molecule has 0 saturated heterocycles. The van der Waals surface area contributed by atoms with E-state index in [1.54, 1.807) is 31.2 Å². The zero-order valence-corrected chi connectivity index (χ0v) is 11.9. The van der Waals surface area contributed by atoms with Crippen molar-refractivity contribution >= 4 is 23.0 Å². The van der Waals surface area contributed by atoms with E-state index >= 15 is 0 Å². The Hall–Kier alpha value is -2.40. The summed E-state index contributed by atoms with van der Waals surface area (Å²) in [7, 11) is 0. The number of carbonyl (C=O) groups is 1. The van der Waals surface area contributed by atoms with Crippen molar-refractivity contribution in [2.75, 3.05) is 0 Å². The van der Waals surface area contributed by atoms with Crippen molar-refractivity contribution in [2.45, 2.75) is 6.92 Å². The second-order valence-corrected chi connectivity index (χ2v) is 5.15. The Morgan fingerprint density at radius 3 is 2.71 bits per heavy atom. The summed E-state index contributed by atoms with van der Waals surface area (Å²) in [6.07, 6.45) is 0. The first-order chi connectivity index (χ1) is 9.97. The first-order valence-corrected chi connectivity index (χ1v) is 6.60. The fraction of sp³-hybridized carbons (Fsp3) is 0.0667. The average molecular weight is 304 g/mol. The van der Waals surface area contributed by atoms with Crippen LogP contribution in [-0.4, -0.2) is 15.5 Å². The maximum absolute atomic E-state index is 14.0. The van der Waals surface area contributed by atoms with E-state index in [0.717, 1.165) is 5.56 Å². The maximum Gasteiger partial charge on any atom is 0.267 e. The van der Waals surface area contributed by atoms with Crippen LogP contribution in [0.5, 0.6) is 0 Å². The molecule has 0 spiro atoms. The molecule has 1 amide bonds. The van der Waals surface area contributed by atoms with E-state index in [1.165, 1.54) is 16.6 Å². The number of aryl methyl sites for hydroxylation is 1. The van der Waals surface area contributed by atoms with E-state index in [0.29, 0.717) is 21.8 Å². The number of amides is 1. The van der Waals surface area contributed by atoms with Crippen LogP contribution < -0.4 is 5.73 Å². The third kappa shape index (κ3) is 2.25. The lowest BCUT2D eigenvalue weighted by atomic mass is 10.1. The van der Waals surface area contributed by atoms with Gasteiger partial charge in [0, 0.05) is 5.56 Å². The number of primary amides is 1. The molecule has 1 aromatic carbocycles. The molecule has 0 atom stereocenters. The van der Waals surface area contributed by atoms with Gasteiger partial charge in [-0.15, -0.1) is 0 Å². The predicted molar refractivity (Wildman–Crippen MR) is 78.9 cm³/mol. The van der Waals surface area contributed by atoms with Gasteiger partial charge in [-0.2, -0.15) is 5.10 Å². The second kappa shape index (κ2) is 4.86. The molecule has 0 aliphatic carbocycles. The number of nitrogens with two attached hydrogens (primary N) is 1. The van der Waals surface area contributed by atoms with Crippen LogP contribution in [0.3, 0.4) is 0 Å². The molecule has 3 aromatic rings. The number of carbonyl (C=O) groups excluding carboxylic acids is 1. The second-order valence-electron chi connectivity index (χ2n) is 4.74. The third-order valence-corrected chi connectivity index (χ3v) is 3.53. The van der Waals surface area contributed by atoms with E-state index in [1.807, 2.05) is 0 Å². The minimum atomic E-state index is -0.647. The highest BCUT2D eigenvalue weighted by Crippen LogP contribution is 2.26.